The molecule has 30 heavy (non-hydrogen) atoms. The van der Waals surface area contributed by atoms with E-state index in [1.807, 2.05) is 19.1 Å². The van der Waals surface area contributed by atoms with Gasteiger partial charge in [0.2, 0.25) is 5.75 Å². The van der Waals surface area contributed by atoms with Crippen molar-refractivity contribution in [1.82, 2.24) is 15.8 Å². The summed E-state index contributed by atoms with van der Waals surface area (Å²) in [5, 5.41) is 10.8. The normalized spacial score (nSPS) is 10.9. The van der Waals surface area contributed by atoms with Crippen molar-refractivity contribution in [3.63, 3.8) is 0 Å². The van der Waals surface area contributed by atoms with Gasteiger partial charge < -0.3 is 29.4 Å². The molecule has 0 saturated heterocycles. The van der Waals surface area contributed by atoms with Crippen LogP contribution in [0.25, 0.3) is 0 Å². The van der Waals surface area contributed by atoms with Crippen LogP contribution >= 0.6 is 24.0 Å². The Labute approximate surface area is 195 Å². The Bertz CT molecular complexity index is 802. The van der Waals surface area contributed by atoms with Gasteiger partial charge in [0.15, 0.2) is 17.5 Å². The molecule has 2 rings (SSSR count). The Kier molecular flexibility index (Phi) is 11.4. The van der Waals surface area contributed by atoms with E-state index in [1.54, 1.807) is 21.3 Å². The van der Waals surface area contributed by atoms with E-state index in [-0.39, 0.29) is 24.0 Å². The van der Waals surface area contributed by atoms with Crippen LogP contribution < -0.4 is 24.8 Å². The number of nitrogens with zero attached hydrogens (tertiary/aromatic N) is 2. The summed E-state index contributed by atoms with van der Waals surface area (Å²) in [6.07, 6.45) is 1.64. The van der Waals surface area contributed by atoms with Crippen molar-refractivity contribution in [3.05, 3.63) is 34.7 Å². The first kappa shape index (κ1) is 25.9. The predicted molar refractivity (Wildman–Crippen MR) is 128 cm³/mol. The van der Waals surface area contributed by atoms with Gasteiger partial charge in [0, 0.05) is 30.6 Å². The molecule has 0 radical (unpaired) electrons. The number of halogens is 1. The van der Waals surface area contributed by atoms with Crippen LogP contribution in [0.5, 0.6) is 17.2 Å². The molecule has 1 heterocycles. The molecular weight excluding hydrogens is 499 g/mol. The van der Waals surface area contributed by atoms with Gasteiger partial charge in [-0.15, -0.1) is 24.0 Å². The van der Waals surface area contributed by atoms with Crippen molar-refractivity contribution in [2.75, 3.05) is 27.9 Å². The average Bonchev–Trinajstić information content (AvgIpc) is 3.16. The van der Waals surface area contributed by atoms with Gasteiger partial charge in [0.25, 0.3) is 0 Å². The maximum Gasteiger partial charge on any atom is 0.203 e. The van der Waals surface area contributed by atoms with E-state index in [0.29, 0.717) is 36.3 Å². The predicted octanol–water partition coefficient (Wildman–Crippen LogP) is 3.70. The van der Waals surface area contributed by atoms with Gasteiger partial charge in [-0.2, -0.15) is 0 Å². The molecule has 2 N–H and O–H groups in total. The lowest BCUT2D eigenvalue weighted by molar-refractivity contribution is 0.322. The van der Waals surface area contributed by atoms with Crippen molar-refractivity contribution in [3.8, 4) is 17.2 Å². The lowest BCUT2D eigenvalue weighted by Gasteiger charge is -2.16. The van der Waals surface area contributed by atoms with E-state index in [0.717, 1.165) is 42.0 Å². The minimum Gasteiger partial charge on any atom is -0.493 e. The van der Waals surface area contributed by atoms with Crippen molar-refractivity contribution < 1.29 is 18.7 Å². The summed E-state index contributed by atoms with van der Waals surface area (Å²) in [6, 6.07) is 3.78. The van der Waals surface area contributed by atoms with Crippen molar-refractivity contribution in [2.45, 2.75) is 46.7 Å². The molecule has 1 aromatic carbocycles. The first-order valence-corrected chi connectivity index (χ1v) is 9.89. The molecule has 168 valence electrons. The number of methoxy groups -OCH3 is 3. The highest BCUT2D eigenvalue weighted by atomic mass is 127. The highest BCUT2D eigenvalue weighted by Gasteiger charge is 2.16. The van der Waals surface area contributed by atoms with Crippen LogP contribution in [0.3, 0.4) is 0 Å². The zero-order valence-corrected chi connectivity index (χ0v) is 21.0. The highest BCUT2D eigenvalue weighted by Crippen LogP contribution is 2.39. The molecule has 0 unspecified atom stereocenters. The van der Waals surface area contributed by atoms with E-state index < -0.39 is 0 Å². The molecule has 0 spiro atoms. The van der Waals surface area contributed by atoms with Crippen LogP contribution in [0.2, 0.25) is 0 Å². The third-order valence-corrected chi connectivity index (χ3v) is 4.58. The SMILES string of the molecule is CCNC(=NCc1ccc(OC)c(OC)c1OC)NCc1c(CC)noc1CC.I. The fourth-order valence-electron chi connectivity index (χ4n) is 3.10. The van der Waals surface area contributed by atoms with Gasteiger partial charge in [0.1, 0.15) is 5.76 Å². The van der Waals surface area contributed by atoms with Crippen molar-refractivity contribution >= 4 is 29.9 Å². The number of nitrogens with one attached hydrogen (secondary N) is 2. The van der Waals surface area contributed by atoms with Gasteiger partial charge in [-0.05, 0) is 25.5 Å². The number of aromatic nitrogens is 1. The number of guanidine groups is 1. The van der Waals surface area contributed by atoms with Crippen molar-refractivity contribution in [2.24, 2.45) is 4.99 Å². The molecule has 8 nitrogen and oxygen atoms in total. The standard InChI is InChI=1S/C21H32N4O4.HI/c1-7-16-15(17(8-2)29-25-16)13-24-21(22-9-3)23-12-14-10-11-18(26-4)20(28-6)19(14)27-5;/h10-11H,7-9,12-13H2,1-6H3,(H2,22,23,24);1H. The number of hydrogen-bond acceptors (Lipinski definition) is 6. The Balaban J connectivity index is 0.00000450. The first-order valence-electron chi connectivity index (χ1n) is 9.89. The number of aliphatic imine (C=N–C) groups is 1. The maximum absolute atomic E-state index is 5.55. The summed E-state index contributed by atoms with van der Waals surface area (Å²) in [6.45, 7) is 7.94. The van der Waals surface area contributed by atoms with Crippen molar-refractivity contribution in [1.29, 1.82) is 0 Å². The number of benzene rings is 1. The molecule has 9 heteroatoms. The van der Waals surface area contributed by atoms with Gasteiger partial charge >= 0.3 is 0 Å². The van der Waals surface area contributed by atoms with Gasteiger partial charge in [0.05, 0.1) is 33.6 Å². The lowest BCUT2D eigenvalue weighted by Crippen LogP contribution is -2.37. The van der Waals surface area contributed by atoms with E-state index in [4.69, 9.17) is 23.7 Å². The van der Waals surface area contributed by atoms with Crippen LogP contribution in [0.15, 0.2) is 21.6 Å². The summed E-state index contributed by atoms with van der Waals surface area (Å²) < 4.78 is 21.8. The summed E-state index contributed by atoms with van der Waals surface area (Å²) in [5.74, 6) is 3.41. The second-order valence-corrected chi connectivity index (χ2v) is 6.28. The number of hydrogen-bond donors (Lipinski definition) is 2. The minimum atomic E-state index is 0. The molecular formula is C21H33IN4O4. The number of rotatable bonds is 10. The average molecular weight is 532 g/mol. The molecule has 0 fully saturated rings. The zero-order chi connectivity index (χ0) is 21.2. The molecule has 0 bridgehead atoms. The fourth-order valence-corrected chi connectivity index (χ4v) is 3.10. The van der Waals surface area contributed by atoms with Gasteiger partial charge in [-0.3, -0.25) is 0 Å². The largest absolute Gasteiger partial charge is 0.493 e. The Hall–Kier alpha value is -2.17. The second-order valence-electron chi connectivity index (χ2n) is 6.28. The molecule has 0 saturated carbocycles. The van der Waals surface area contributed by atoms with E-state index >= 15 is 0 Å². The first-order chi connectivity index (χ1) is 14.1. The van der Waals surface area contributed by atoms with E-state index in [1.165, 1.54) is 0 Å². The Morgan fingerprint density at radius 2 is 1.73 bits per heavy atom. The summed E-state index contributed by atoms with van der Waals surface area (Å²) in [7, 11) is 4.80. The Morgan fingerprint density at radius 1 is 1.00 bits per heavy atom. The summed E-state index contributed by atoms with van der Waals surface area (Å²) in [5.41, 5.74) is 2.98. The van der Waals surface area contributed by atoms with E-state index in [9.17, 15) is 0 Å². The quantitative estimate of drug-likeness (QED) is 0.274. The van der Waals surface area contributed by atoms with E-state index in [2.05, 4.69) is 29.6 Å². The maximum atomic E-state index is 5.55. The molecule has 1 aromatic heterocycles. The smallest absolute Gasteiger partial charge is 0.203 e. The van der Waals surface area contributed by atoms with Gasteiger partial charge in [-0.1, -0.05) is 19.0 Å². The fraction of sp³-hybridized carbons (Fsp3) is 0.524. The van der Waals surface area contributed by atoms with Crippen LogP contribution in [0, 0.1) is 0 Å². The molecule has 0 aliphatic rings. The number of aryl methyl sites for hydroxylation is 2. The molecule has 0 atom stereocenters. The summed E-state index contributed by atoms with van der Waals surface area (Å²) >= 11 is 0. The van der Waals surface area contributed by atoms with Gasteiger partial charge in [-0.25, -0.2) is 4.99 Å². The van der Waals surface area contributed by atoms with Crippen LogP contribution in [-0.2, 0) is 25.9 Å². The Morgan fingerprint density at radius 3 is 2.30 bits per heavy atom. The molecule has 0 aliphatic carbocycles. The number of ether oxygens (including phenoxy) is 3. The second kappa shape index (κ2) is 13.2. The zero-order valence-electron chi connectivity index (χ0n) is 18.6. The highest BCUT2D eigenvalue weighted by molar-refractivity contribution is 14.0. The van der Waals surface area contributed by atoms with Crippen LogP contribution in [-0.4, -0.2) is 39.0 Å². The molecule has 0 amide bonds. The lowest BCUT2D eigenvalue weighted by atomic mass is 10.1. The third-order valence-electron chi connectivity index (χ3n) is 4.58. The topological polar surface area (TPSA) is 90.1 Å². The summed E-state index contributed by atoms with van der Waals surface area (Å²) in [4.78, 5) is 4.70. The third kappa shape index (κ3) is 6.16. The van der Waals surface area contributed by atoms with Crippen LogP contribution in [0.1, 0.15) is 43.4 Å². The minimum absolute atomic E-state index is 0. The molecule has 2 aromatic rings. The van der Waals surface area contributed by atoms with Crippen LogP contribution in [0.4, 0.5) is 0 Å². The molecule has 0 aliphatic heterocycles. The monoisotopic (exact) mass is 532 g/mol.